The lowest BCUT2D eigenvalue weighted by molar-refractivity contribution is 0.281. The molecule has 0 aliphatic carbocycles. The SMILES string of the molecule is Cc1nc(CN(C)c2ccc(F)cc2CO)cs1. The largest absolute Gasteiger partial charge is 0.392 e. The molecule has 3 nitrogen and oxygen atoms in total. The Morgan fingerprint density at radius 2 is 2.22 bits per heavy atom. The molecule has 96 valence electrons. The number of aromatic nitrogens is 1. The maximum absolute atomic E-state index is 13.1. The zero-order valence-corrected chi connectivity index (χ0v) is 11.2. The van der Waals surface area contributed by atoms with Gasteiger partial charge in [-0.15, -0.1) is 11.3 Å². The molecule has 0 fully saturated rings. The quantitative estimate of drug-likeness (QED) is 0.924. The molecule has 1 heterocycles. The number of nitrogens with zero attached hydrogens (tertiary/aromatic N) is 2. The Hall–Kier alpha value is -1.46. The fraction of sp³-hybridized carbons (Fsp3) is 0.308. The van der Waals surface area contributed by atoms with Crippen LogP contribution in [-0.2, 0) is 13.2 Å². The molecule has 1 N–H and O–H groups in total. The second kappa shape index (κ2) is 5.46. The number of thiazole rings is 1. The number of anilines is 1. The van der Waals surface area contributed by atoms with Crippen LogP contribution in [0.2, 0.25) is 0 Å². The summed E-state index contributed by atoms with van der Waals surface area (Å²) in [5.74, 6) is -0.333. The van der Waals surface area contributed by atoms with E-state index in [0.717, 1.165) is 16.4 Å². The molecule has 0 bridgehead atoms. The van der Waals surface area contributed by atoms with E-state index in [1.807, 2.05) is 24.3 Å². The highest BCUT2D eigenvalue weighted by Gasteiger charge is 2.10. The third-order valence-electron chi connectivity index (χ3n) is 2.69. The number of benzene rings is 1. The van der Waals surface area contributed by atoms with Crippen LogP contribution < -0.4 is 4.90 Å². The summed E-state index contributed by atoms with van der Waals surface area (Å²) in [6.45, 7) is 2.43. The highest BCUT2D eigenvalue weighted by Crippen LogP contribution is 2.22. The van der Waals surface area contributed by atoms with Crippen LogP contribution in [-0.4, -0.2) is 17.1 Å². The van der Waals surface area contributed by atoms with Crippen LogP contribution in [0.3, 0.4) is 0 Å². The molecule has 0 saturated heterocycles. The monoisotopic (exact) mass is 266 g/mol. The second-order valence-corrected chi connectivity index (χ2v) is 5.21. The molecule has 2 aromatic rings. The fourth-order valence-corrected chi connectivity index (χ4v) is 2.47. The fourth-order valence-electron chi connectivity index (χ4n) is 1.86. The standard InChI is InChI=1S/C13H15FN2OS/c1-9-15-12(8-18-9)6-16(2)13-4-3-11(14)5-10(13)7-17/h3-5,8,17H,6-7H2,1-2H3. The highest BCUT2D eigenvalue weighted by atomic mass is 32.1. The topological polar surface area (TPSA) is 36.4 Å². The third kappa shape index (κ3) is 2.86. The second-order valence-electron chi connectivity index (χ2n) is 4.15. The number of aryl methyl sites for hydroxylation is 1. The van der Waals surface area contributed by atoms with Gasteiger partial charge in [-0.05, 0) is 25.1 Å². The van der Waals surface area contributed by atoms with Gasteiger partial charge in [0.15, 0.2) is 0 Å². The minimum Gasteiger partial charge on any atom is -0.392 e. The Labute approximate surface area is 110 Å². The summed E-state index contributed by atoms with van der Waals surface area (Å²) in [6, 6.07) is 4.44. The number of rotatable bonds is 4. The van der Waals surface area contributed by atoms with Crippen molar-refractivity contribution in [3.63, 3.8) is 0 Å². The van der Waals surface area contributed by atoms with E-state index in [0.29, 0.717) is 12.1 Å². The molecule has 0 saturated carbocycles. The van der Waals surface area contributed by atoms with E-state index in [-0.39, 0.29) is 12.4 Å². The van der Waals surface area contributed by atoms with Crippen LogP contribution in [0.15, 0.2) is 23.6 Å². The minimum atomic E-state index is -0.333. The molecule has 2 rings (SSSR count). The summed E-state index contributed by atoms with van der Waals surface area (Å²) in [5, 5.41) is 12.3. The van der Waals surface area contributed by atoms with Crippen LogP contribution in [0.4, 0.5) is 10.1 Å². The van der Waals surface area contributed by atoms with E-state index in [1.54, 1.807) is 17.4 Å². The summed E-state index contributed by atoms with van der Waals surface area (Å²) in [4.78, 5) is 6.35. The molecule has 18 heavy (non-hydrogen) atoms. The highest BCUT2D eigenvalue weighted by molar-refractivity contribution is 7.09. The van der Waals surface area contributed by atoms with Gasteiger partial charge in [-0.3, -0.25) is 0 Å². The van der Waals surface area contributed by atoms with E-state index in [9.17, 15) is 9.50 Å². The first kappa shape index (κ1) is 13.0. The van der Waals surface area contributed by atoms with Gasteiger partial charge in [0.2, 0.25) is 0 Å². The summed E-state index contributed by atoms with van der Waals surface area (Å²) in [5.41, 5.74) is 2.39. The Morgan fingerprint density at radius 3 is 2.83 bits per heavy atom. The van der Waals surface area contributed by atoms with Gasteiger partial charge in [-0.1, -0.05) is 0 Å². The Kier molecular flexibility index (Phi) is 3.93. The number of hydrogen-bond donors (Lipinski definition) is 1. The van der Waals surface area contributed by atoms with Crippen molar-refractivity contribution in [1.29, 1.82) is 0 Å². The molecular formula is C13H15FN2OS. The van der Waals surface area contributed by atoms with Crippen molar-refractivity contribution in [3.05, 3.63) is 45.7 Å². The molecular weight excluding hydrogens is 251 g/mol. The van der Waals surface area contributed by atoms with Crippen LogP contribution >= 0.6 is 11.3 Å². The summed E-state index contributed by atoms with van der Waals surface area (Å²) < 4.78 is 13.1. The average Bonchev–Trinajstić information content (AvgIpc) is 2.74. The lowest BCUT2D eigenvalue weighted by Crippen LogP contribution is -2.18. The van der Waals surface area contributed by atoms with Gasteiger partial charge in [0.05, 0.1) is 23.9 Å². The molecule has 0 unspecified atom stereocenters. The molecule has 0 spiro atoms. The van der Waals surface area contributed by atoms with Crippen molar-refractivity contribution < 1.29 is 9.50 Å². The van der Waals surface area contributed by atoms with Crippen molar-refractivity contribution >= 4 is 17.0 Å². The van der Waals surface area contributed by atoms with E-state index >= 15 is 0 Å². The molecule has 0 atom stereocenters. The zero-order chi connectivity index (χ0) is 13.1. The predicted molar refractivity (Wildman–Crippen MR) is 71.3 cm³/mol. The molecule has 0 amide bonds. The first-order chi connectivity index (χ1) is 8.60. The minimum absolute atomic E-state index is 0.173. The van der Waals surface area contributed by atoms with Crippen molar-refractivity contribution in [2.24, 2.45) is 0 Å². The Balaban J connectivity index is 2.20. The van der Waals surface area contributed by atoms with Crippen molar-refractivity contribution in [1.82, 2.24) is 4.98 Å². The van der Waals surface area contributed by atoms with Crippen molar-refractivity contribution in [2.75, 3.05) is 11.9 Å². The summed E-state index contributed by atoms with van der Waals surface area (Å²) in [6.07, 6.45) is 0. The van der Waals surface area contributed by atoms with Crippen LogP contribution in [0.5, 0.6) is 0 Å². The molecule has 0 aliphatic heterocycles. The number of aliphatic hydroxyl groups is 1. The normalized spacial score (nSPS) is 10.7. The van der Waals surface area contributed by atoms with Crippen molar-refractivity contribution in [2.45, 2.75) is 20.1 Å². The van der Waals surface area contributed by atoms with Gasteiger partial charge < -0.3 is 10.0 Å². The zero-order valence-electron chi connectivity index (χ0n) is 10.4. The van der Waals surface area contributed by atoms with Crippen LogP contribution in [0.1, 0.15) is 16.3 Å². The summed E-state index contributed by atoms with van der Waals surface area (Å²) in [7, 11) is 1.90. The van der Waals surface area contributed by atoms with E-state index in [1.165, 1.54) is 12.1 Å². The maximum atomic E-state index is 13.1. The smallest absolute Gasteiger partial charge is 0.123 e. The van der Waals surface area contributed by atoms with Crippen LogP contribution in [0.25, 0.3) is 0 Å². The molecule has 1 aromatic carbocycles. The van der Waals surface area contributed by atoms with Gasteiger partial charge in [-0.2, -0.15) is 0 Å². The summed E-state index contributed by atoms with van der Waals surface area (Å²) >= 11 is 1.61. The number of hydrogen-bond acceptors (Lipinski definition) is 4. The van der Waals surface area contributed by atoms with Gasteiger partial charge in [0, 0.05) is 23.7 Å². The van der Waals surface area contributed by atoms with Crippen molar-refractivity contribution in [3.8, 4) is 0 Å². The number of aliphatic hydroxyl groups excluding tert-OH is 1. The lowest BCUT2D eigenvalue weighted by atomic mass is 10.1. The molecule has 0 aliphatic rings. The third-order valence-corrected chi connectivity index (χ3v) is 3.51. The first-order valence-electron chi connectivity index (χ1n) is 5.61. The van der Waals surface area contributed by atoms with Gasteiger partial charge in [-0.25, -0.2) is 9.37 Å². The molecule has 1 aromatic heterocycles. The van der Waals surface area contributed by atoms with E-state index in [4.69, 9.17) is 0 Å². The first-order valence-corrected chi connectivity index (χ1v) is 6.49. The Morgan fingerprint density at radius 1 is 1.44 bits per heavy atom. The average molecular weight is 266 g/mol. The lowest BCUT2D eigenvalue weighted by Gasteiger charge is -2.21. The number of halogens is 1. The van der Waals surface area contributed by atoms with Gasteiger partial charge in [0.1, 0.15) is 5.82 Å². The van der Waals surface area contributed by atoms with Crippen LogP contribution in [0, 0.1) is 12.7 Å². The molecule has 0 radical (unpaired) electrons. The molecule has 5 heteroatoms. The predicted octanol–water partition coefficient (Wildman–Crippen LogP) is 2.72. The van der Waals surface area contributed by atoms with E-state index < -0.39 is 0 Å². The maximum Gasteiger partial charge on any atom is 0.123 e. The van der Waals surface area contributed by atoms with E-state index in [2.05, 4.69) is 4.98 Å². The van der Waals surface area contributed by atoms with Gasteiger partial charge in [0.25, 0.3) is 0 Å². The Bertz CT molecular complexity index is 542. The van der Waals surface area contributed by atoms with Gasteiger partial charge >= 0.3 is 0 Å².